The van der Waals surface area contributed by atoms with Crippen LogP contribution in [0.4, 0.5) is 0 Å². The largest absolute Gasteiger partial charge is 0.356 e. The van der Waals surface area contributed by atoms with E-state index >= 15 is 0 Å². The van der Waals surface area contributed by atoms with Crippen molar-refractivity contribution in [2.45, 2.75) is 13.3 Å². The van der Waals surface area contributed by atoms with Crippen molar-refractivity contribution in [3.05, 3.63) is 0 Å². The first kappa shape index (κ1) is 6.88. The van der Waals surface area contributed by atoms with E-state index in [-0.39, 0.29) is 0 Å². The highest BCUT2D eigenvalue weighted by Crippen LogP contribution is 1.71. The topological polar surface area (TPSA) is 41.5 Å². The average Bonchev–Trinajstić information content (AvgIpc) is 1.68. The zero-order chi connectivity index (χ0) is 5.70. The number of methoxy groups -OCH3 is 1. The minimum Gasteiger partial charge on any atom is -0.356 e. The minimum absolute atomic E-state index is 0.717. The van der Waals surface area contributed by atoms with Crippen LogP contribution >= 0.6 is 0 Å². The van der Waals surface area contributed by atoms with Gasteiger partial charge in [0, 0.05) is 7.11 Å². The highest BCUT2D eigenvalue weighted by atomic mass is 16.6. The Morgan fingerprint density at radius 1 is 1.86 bits per heavy atom. The monoisotopic (exact) mass is 105 g/mol. The average molecular weight is 105 g/mol. The molecule has 0 spiro atoms. The highest BCUT2D eigenvalue weighted by Gasteiger charge is 1.92. The molecule has 0 aliphatic carbocycles. The van der Waals surface area contributed by atoms with Crippen molar-refractivity contribution in [2.24, 2.45) is 0 Å². The molecule has 0 saturated heterocycles. The number of ether oxygens (including phenoxy) is 1. The van der Waals surface area contributed by atoms with E-state index in [4.69, 9.17) is 5.11 Å². The first-order chi connectivity index (χ1) is 3.31. The van der Waals surface area contributed by atoms with E-state index in [1.54, 1.807) is 0 Å². The molecule has 0 aromatic heterocycles. The van der Waals surface area contributed by atoms with Crippen LogP contribution in [0.3, 0.4) is 0 Å². The molecule has 2 N–H and O–H groups in total. The van der Waals surface area contributed by atoms with Crippen LogP contribution in [0.25, 0.3) is 0 Å². The molecule has 7 heavy (non-hydrogen) atoms. The molecule has 0 aliphatic rings. The van der Waals surface area contributed by atoms with Gasteiger partial charge in [0.25, 0.3) is 0 Å². The second kappa shape index (κ2) is 4.05. The van der Waals surface area contributed by atoms with Gasteiger partial charge in [0.15, 0.2) is 0 Å². The van der Waals surface area contributed by atoms with Gasteiger partial charge in [-0.1, -0.05) is 6.92 Å². The maximum Gasteiger partial charge on any atom is 0.213 e. The van der Waals surface area contributed by atoms with Crippen LogP contribution in [0.1, 0.15) is 6.92 Å². The van der Waals surface area contributed by atoms with E-state index in [1.165, 1.54) is 7.11 Å². The van der Waals surface area contributed by atoms with Gasteiger partial charge in [-0.15, -0.1) is 0 Å². The molecular formula is C4H11NO2. The minimum atomic E-state index is -0.801. The standard InChI is InChI=1S/C4H11NO2/c1-3-5-4(6)7-2/h4-6H,3H2,1-2H3/t4-/m1/s1. The van der Waals surface area contributed by atoms with E-state index < -0.39 is 6.41 Å². The molecular weight excluding hydrogens is 94.0 g/mol. The van der Waals surface area contributed by atoms with Gasteiger partial charge in [-0.3, -0.25) is 5.32 Å². The van der Waals surface area contributed by atoms with Gasteiger partial charge in [-0.05, 0) is 6.54 Å². The Morgan fingerprint density at radius 2 is 2.43 bits per heavy atom. The zero-order valence-electron chi connectivity index (χ0n) is 4.64. The lowest BCUT2D eigenvalue weighted by molar-refractivity contribution is -0.0954. The first-order valence-corrected chi connectivity index (χ1v) is 2.25. The maximum absolute atomic E-state index is 8.52. The van der Waals surface area contributed by atoms with Crippen molar-refractivity contribution in [3.8, 4) is 0 Å². The Bertz CT molecular complexity index is 40.7. The Morgan fingerprint density at radius 3 is 2.57 bits per heavy atom. The molecule has 0 aliphatic heterocycles. The molecule has 1 atom stereocenters. The molecule has 0 unspecified atom stereocenters. The highest BCUT2D eigenvalue weighted by molar-refractivity contribution is 4.30. The fraction of sp³-hybridized carbons (Fsp3) is 1.00. The third-order valence-electron chi connectivity index (χ3n) is 0.602. The Kier molecular flexibility index (Phi) is 3.98. The summed E-state index contributed by atoms with van der Waals surface area (Å²) in [5, 5.41) is 11.2. The fourth-order valence-electron chi connectivity index (χ4n) is 0.258. The van der Waals surface area contributed by atoms with E-state index in [9.17, 15) is 0 Å². The lowest BCUT2D eigenvalue weighted by atomic mass is 10.7. The SMILES string of the molecule is CCN[C@H](O)OC. The van der Waals surface area contributed by atoms with Gasteiger partial charge >= 0.3 is 0 Å². The molecule has 0 saturated carbocycles. The van der Waals surface area contributed by atoms with Crippen LogP contribution in [0.2, 0.25) is 0 Å². The summed E-state index contributed by atoms with van der Waals surface area (Å²) in [6, 6.07) is 0. The molecule has 0 bridgehead atoms. The summed E-state index contributed by atoms with van der Waals surface area (Å²) in [6.45, 7) is 2.61. The van der Waals surface area contributed by atoms with Crippen LogP contribution in [-0.4, -0.2) is 25.2 Å². The lowest BCUT2D eigenvalue weighted by Gasteiger charge is -2.06. The normalized spacial score (nSPS) is 14.1. The van der Waals surface area contributed by atoms with Crippen molar-refractivity contribution in [3.63, 3.8) is 0 Å². The second-order valence-corrected chi connectivity index (χ2v) is 1.15. The Balaban J connectivity index is 2.83. The van der Waals surface area contributed by atoms with Crippen molar-refractivity contribution in [2.75, 3.05) is 13.7 Å². The van der Waals surface area contributed by atoms with Crippen molar-refractivity contribution in [1.82, 2.24) is 5.32 Å². The van der Waals surface area contributed by atoms with Gasteiger partial charge in [-0.25, -0.2) is 0 Å². The van der Waals surface area contributed by atoms with Crippen LogP contribution < -0.4 is 5.32 Å². The summed E-state index contributed by atoms with van der Waals surface area (Å²) in [7, 11) is 1.44. The first-order valence-electron chi connectivity index (χ1n) is 2.25. The summed E-state index contributed by atoms with van der Waals surface area (Å²) in [4.78, 5) is 0. The smallest absolute Gasteiger partial charge is 0.213 e. The molecule has 0 aromatic carbocycles. The third kappa shape index (κ3) is 3.72. The van der Waals surface area contributed by atoms with Crippen molar-refractivity contribution >= 4 is 0 Å². The molecule has 0 heterocycles. The number of hydrogen-bond donors (Lipinski definition) is 2. The maximum atomic E-state index is 8.52. The van der Waals surface area contributed by atoms with Crippen LogP contribution in [0.5, 0.6) is 0 Å². The molecule has 3 heteroatoms. The molecule has 3 nitrogen and oxygen atoms in total. The summed E-state index contributed by atoms with van der Waals surface area (Å²) in [5.41, 5.74) is 0. The molecule has 0 amide bonds. The van der Waals surface area contributed by atoms with E-state index in [0.29, 0.717) is 0 Å². The van der Waals surface area contributed by atoms with Gasteiger partial charge in [0.2, 0.25) is 6.41 Å². The molecule has 0 radical (unpaired) electrons. The predicted molar refractivity (Wildman–Crippen MR) is 26.7 cm³/mol. The quantitative estimate of drug-likeness (QED) is 0.476. The Hall–Kier alpha value is -0.120. The molecule has 0 aromatic rings. The number of rotatable bonds is 3. The summed E-state index contributed by atoms with van der Waals surface area (Å²) < 4.78 is 4.44. The van der Waals surface area contributed by atoms with E-state index in [2.05, 4.69) is 10.1 Å². The number of aliphatic hydroxyl groups excluding tert-OH is 1. The zero-order valence-corrected chi connectivity index (χ0v) is 4.64. The number of aliphatic hydroxyl groups is 1. The predicted octanol–water partition coefficient (Wildman–Crippen LogP) is -0.482. The van der Waals surface area contributed by atoms with Crippen LogP contribution in [0.15, 0.2) is 0 Å². The van der Waals surface area contributed by atoms with E-state index in [0.717, 1.165) is 6.54 Å². The third-order valence-corrected chi connectivity index (χ3v) is 0.602. The molecule has 44 valence electrons. The van der Waals surface area contributed by atoms with Gasteiger partial charge < -0.3 is 9.84 Å². The molecule has 0 fully saturated rings. The van der Waals surface area contributed by atoms with Crippen molar-refractivity contribution < 1.29 is 9.84 Å². The van der Waals surface area contributed by atoms with Gasteiger partial charge in [0.05, 0.1) is 0 Å². The van der Waals surface area contributed by atoms with Crippen LogP contribution in [0, 0.1) is 0 Å². The summed E-state index contributed by atoms with van der Waals surface area (Å²) in [6.07, 6.45) is -0.801. The fourth-order valence-corrected chi connectivity index (χ4v) is 0.258. The summed E-state index contributed by atoms with van der Waals surface area (Å²) >= 11 is 0. The molecule has 0 rings (SSSR count). The number of hydrogen-bond acceptors (Lipinski definition) is 3. The lowest BCUT2D eigenvalue weighted by Crippen LogP contribution is -2.29. The van der Waals surface area contributed by atoms with Crippen LogP contribution in [-0.2, 0) is 4.74 Å². The number of nitrogens with one attached hydrogen (secondary N) is 1. The van der Waals surface area contributed by atoms with Gasteiger partial charge in [-0.2, -0.15) is 0 Å². The Labute approximate surface area is 43.3 Å². The summed E-state index contributed by atoms with van der Waals surface area (Å²) in [5.74, 6) is 0. The van der Waals surface area contributed by atoms with E-state index in [1.807, 2.05) is 6.92 Å². The van der Waals surface area contributed by atoms with Crippen molar-refractivity contribution in [1.29, 1.82) is 0 Å². The second-order valence-electron chi connectivity index (χ2n) is 1.15. The van der Waals surface area contributed by atoms with Gasteiger partial charge in [0.1, 0.15) is 0 Å².